The summed E-state index contributed by atoms with van der Waals surface area (Å²) < 4.78 is 37.3. The van der Waals surface area contributed by atoms with Crippen molar-refractivity contribution in [3.63, 3.8) is 0 Å². The number of fused-ring (bicyclic) bond motifs is 1. The average Bonchev–Trinajstić information content (AvgIpc) is 2.15. The van der Waals surface area contributed by atoms with Crippen LogP contribution in [0.15, 0.2) is 30.3 Å². The molecule has 0 saturated carbocycles. The first-order valence-corrected chi connectivity index (χ1v) is 4.41. The lowest BCUT2D eigenvalue weighted by Crippen LogP contribution is -2.05. The Balaban J connectivity index is 2.75. The maximum Gasteiger partial charge on any atom is 0.419 e. The summed E-state index contributed by atoms with van der Waals surface area (Å²) in [5.74, 6) is -0.878. The van der Waals surface area contributed by atoms with E-state index in [1.54, 1.807) is 0 Å². The van der Waals surface area contributed by atoms with Gasteiger partial charge in [0.25, 0.3) is 0 Å². The van der Waals surface area contributed by atoms with Crippen LogP contribution in [-0.2, 0) is 6.18 Å². The number of hydrogen-bond acceptors (Lipinski definition) is 2. The fourth-order valence-electron chi connectivity index (χ4n) is 1.53. The van der Waals surface area contributed by atoms with Gasteiger partial charge in [-0.2, -0.15) is 13.2 Å². The number of phenolic OH excluding ortho intramolecular Hbond substituents is 2. The van der Waals surface area contributed by atoms with Gasteiger partial charge < -0.3 is 10.2 Å². The molecule has 0 amide bonds. The van der Waals surface area contributed by atoms with Gasteiger partial charge in [0.2, 0.25) is 0 Å². The molecular weight excluding hydrogens is 221 g/mol. The van der Waals surface area contributed by atoms with E-state index in [2.05, 4.69) is 0 Å². The Morgan fingerprint density at radius 2 is 1.62 bits per heavy atom. The highest BCUT2D eigenvalue weighted by atomic mass is 19.4. The highest BCUT2D eigenvalue weighted by Gasteiger charge is 2.34. The molecule has 2 N–H and O–H groups in total. The molecule has 0 radical (unpaired) electrons. The van der Waals surface area contributed by atoms with Crippen molar-refractivity contribution in [1.82, 2.24) is 0 Å². The molecule has 2 nitrogen and oxygen atoms in total. The lowest BCUT2D eigenvalue weighted by Gasteiger charge is -2.10. The zero-order chi connectivity index (χ0) is 11.9. The topological polar surface area (TPSA) is 40.5 Å². The van der Waals surface area contributed by atoms with Crippen molar-refractivity contribution in [3.05, 3.63) is 35.9 Å². The van der Waals surface area contributed by atoms with Crippen LogP contribution in [-0.4, -0.2) is 10.2 Å². The van der Waals surface area contributed by atoms with Crippen molar-refractivity contribution >= 4 is 10.8 Å². The fraction of sp³-hybridized carbons (Fsp3) is 0.0909. The maximum atomic E-state index is 12.4. The smallest absolute Gasteiger partial charge is 0.419 e. The molecule has 5 heteroatoms. The molecular formula is C11H7F3O2. The van der Waals surface area contributed by atoms with Gasteiger partial charge in [-0.25, -0.2) is 0 Å². The predicted octanol–water partition coefficient (Wildman–Crippen LogP) is 3.27. The number of benzene rings is 2. The van der Waals surface area contributed by atoms with E-state index in [0.717, 1.165) is 6.07 Å². The van der Waals surface area contributed by atoms with E-state index < -0.39 is 17.5 Å². The van der Waals surface area contributed by atoms with Crippen molar-refractivity contribution in [1.29, 1.82) is 0 Å². The molecule has 84 valence electrons. The third-order valence-corrected chi connectivity index (χ3v) is 2.28. The van der Waals surface area contributed by atoms with Crippen molar-refractivity contribution < 1.29 is 23.4 Å². The zero-order valence-electron chi connectivity index (χ0n) is 7.92. The minimum atomic E-state index is -4.59. The summed E-state index contributed by atoms with van der Waals surface area (Å²) in [5.41, 5.74) is -1.08. The summed E-state index contributed by atoms with van der Waals surface area (Å²) >= 11 is 0. The van der Waals surface area contributed by atoms with Crippen LogP contribution in [0.2, 0.25) is 0 Å². The second-order valence-electron chi connectivity index (χ2n) is 3.36. The SMILES string of the molecule is Oc1ccc2c(O)c(C(F)(F)F)ccc2c1. The zero-order valence-corrected chi connectivity index (χ0v) is 7.92. The molecule has 0 aliphatic heterocycles. The van der Waals surface area contributed by atoms with Crippen LogP contribution in [0.1, 0.15) is 5.56 Å². The largest absolute Gasteiger partial charge is 0.508 e. The molecule has 0 unspecified atom stereocenters. The summed E-state index contributed by atoms with van der Waals surface area (Å²) in [4.78, 5) is 0. The van der Waals surface area contributed by atoms with Crippen LogP contribution in [0.25, 0.3) is 10.8 Å². The van der Waals surface area contributed by atoms with Gasteiger partial charge in [-0.05, 0) is 29.7 Å². The number of phenols is 2. The Labute approximate surface area is 88.6 Å². The number of rotatable bonds is 0. The van der Waals surface area contributed by atoms with Gasteiger partial charge in [0.05, 0.1) is 5.56 Å². The van der Waals surface area contributed by atoms with Gasteiger partial charge in [0.15, 0.2) is 0 Å². The minimum Gasteiger partial charge on any atom is -0.508 e. The summed E-state index contributed by atoms with van der Waals surface area (Å²) in [6.07, 6.45) is -4.59. The Morgan fingerprint density at radius 1 is 0.938 bits per heavy atom. The van der Waals surface area contributed by atoms with Gasteiger partial charge in [0.1, 0.15) is 11.5 Å². The standard InChI is InChI=1S/C11H7F3O2/c12-11(13,14)9-4-1-6-5-7(15)2-3-8(6)10(9)16/h1-5,15-16H. The first kappa shape index (κ1) is 10.6. The molecule has 0 saturated heterocycles. The number of hydrogen-bond donors (Lipinski definition) is 2. The summed E-state index contributed by atoms with van der Waals surface area (Å²) in [7, 11) is 0. The van der Waals surface area contributed by atoms with Crippen LogP contribution < -0.4 is 0 Å². The Kier molecular flexibility index (Phi) is 2.18. The summed E-state index contributed by atoms with van der Waals surface area (Å²) in [6, 6.07) is 5.75. The first-order valence-electron chi connectivity index (χ1n) is 4.41. The van der Waals surface area contributed by atoms with Crippen LogP contribution >= 0.6 is 0 Å². The molecule has 0 aromatic heterocycles. The maximum absolute atomic E-state index is 12.4. The monoisotopic (exact) mass is 228 g/mol. The van der Waals surface area contributed by atoms with Crippen molar-refractivity contribution in [2.75, 3.05) is 0 Å². The van der Waals surface area contributed by atoms with E-state index in [-0.39, 0.29) is 11.1 Å². The molecule has 0 spiro atoms. The number of alkyl halides is 3. The minimum absolute atomic E-state index is 0.0626. The van der Waals surface area contributed by atoms with Gasteiger partial charge in [-0.15, -0.1) is 0 Å². The van der Waals surface area contributed by atoms with Crippen LogP contribution in [0.4, 0.5) is 13.2 Å². The lowest BCUT2D eigenvalue weighted by atomic mass is 10.0. The Bertz CT molecular complexity index is 547. The van der Waals surface area contributed by atoms with Gasteiger partial charge in [-0.3, -0.25) is 0 Å². The van der Waals surface area contributed by atoms with E-state index in [0.29, 0.717) is 5.39 Å². The normalized spacial score (nSPS) is 11.9. The second-order valence-corrected chi connectivity index (χ2v) is 3.36. The van der Waals surface area contributed by atoms with Crippen LogP contribution in [0.5, 0.6) is 11.5 Å². The van der Waals surface area contributed by atoms with Crippen LogP contribution in [0.3, 0.4) is 0 Å². The third kappa shape index (κ3) is 1.64. The van der Waals surface area contributed by atoms with Crippen molar-refractivity contribution in [2.45, 2.75) is 6.18 Å². The third-order valence-electron chi connectivity index (χ3n) is 2.28. The second kappa shape index (κ2) is 3.30. The number of aromatic hydroxyl groups is 2. The first-order chi connectivity index (χ1) is 7.39. The molecule has 0 aliphatic rings. The fourth-order valence-corrected chi connectivity index (χ4v) is 1.53. The van der Waals surface area contributed by atoms with E-state index >= 15 is 0 Å². The van der Waals surface area contributed by atoms with Gasteiger partial charge in [0, 0.05) is 5.39 Å². The molecule has 0 atom stereocenters. The van der Waals surface area contributed by atoms with Crippen LogP contribution in [0, 0.1) is 0 Å². The average molecular weight is 228 g/mol. The van der Waals surface area contributed by atoms with Gasteiger partial charge in [-0.1, -0.05) is 6.07 Å². The van der Waals surface area contributed by atoms with Crippen molar-refractivity contribution in [2.24, 2.45) is 0 Å². The Hall–Kier alpha value is -1.91. The van der Waals surface area contributed by atoms with E-state index in [4.69, 9.17) is 5.11 Å². The molecule has 2 rings (SSSR count). The molecule has 2 aromatic carbocycles. The molecule has 0 heterocycles. The van der Waals surface area contributed by atoms with E-state index in [9.17, 15) is 18.3 Å². The number of halogens is 3. The van der Waals surface area contributed by atoms with Crippen molar-refractivity contribution in [3.8, 4) is 11.5 Å². The molecule has 2 aromatic rings. The molecule has 16 heavy (non-hydrogen) atoms. The molecule has 0 bridgehead atoms. The summed E-state index contributed by atoms with van der Waals surface area (Å²) in [5, 5.41) is 19.0. The van der Waals surface area contributed by atoms with E-state index in [1.807, 2.05) is 0 Å². The quantitative estimate of drug-likeness (QED) is 0.726. The highest BCUT2D eigenvalue weighted by Crippen LogP contribution is 2.40. The van der Waals surface area contributed by atoms with E-state index in [1.165, 1.54) is 24.3 Å². The molecule has 0 fully saturated rings. The lowest BCUT2D eigenvalue weighted by molar-refractivity contribution is -0.138. The highest BCUT2D eigenvalue weighted by molar-refractivity contribution is 5.90. The predicted molar refractivity (Wildman–Crippen MR) is 52.3 cm³/mol. The Morgan fingerprint density at radius 3 is 2.25 bits per heavy atom. The molecule has 0 aliphatic carbocycles. The van der Waals surface area contributed by atoms with Gasteiger partial charge >= 0.3 is 6.18 Å². The summed E-state index contributed by atoms with van der Waals surface area (Å²) in [6.45, 7) is 0.